The molecule has 0 saturated carbocycles. The first-order valence-corrected chi connectivity index (χ1v) is 46.8. The van der Waals surface area contributed by atoms with Crippen molar-refractivity contribution < 1.29 is 76.7 Å². The number of benzene rings is 2. The number of carbonyl (C=O) groups excluding carboxylic acids is 16. The number of nitrogens with two attached hydrogens (primary N) is 8. The first-order valence-electron chi connectivity index (χ1n) is 46.8. The van der Waals surface area contributed by atoms with Crippen molar-refractivity contribution in [2.75, 3.05) is 39.3 Å². The van der Waals surface area contributed by atoms with Crippen LogP contribution < -0.4 is 126 Å². The predicted molar refractivity (Wildman–Crippen MR) is 510 cm³/mol. The van der Waals surface area contributed by atoms with Gasteiger partial charge >= 0.3 is 0 Å². The molecule has 5 aromatic rings. The van der Waals surface area contributed by atoms with Gasteiger partial charge in [-0.05, 0) is 170 Å². The number of hydrogen-bond donors (Lipinski definition) is 27. The van der Waals surface area contributed by atoms with Crippen LogP contribution >= 0.6 is 0 Å². The predicted octanol–water partition coefficient (Wildman–Crippen LogP) is -3.44. The Morgan fingerprint density at radius 1 is 0.390 bits per heavy atom. The molecule has 45 heteroatoms. The lowest BCUT2D eigenvalue weighted by molar-refractivity contribution is -0.137. The van der Waals surface area contributed by atoms with Gasteiger partial charge in [-0.1, -0.05) is 110 Å². The van der Waals surface area contributed by atoms with Gasteiger partial charge in [-0.2, -0.15) is 0 Å². The summed E-state index contributed by atoms with van der Waals surface area (Å²) in [4.78, 5) is 246. The normalized spacial score (nSPS) is 14.6. The molecule has 5 rings (SSSR count). The number of rotatable bonds is 66. The number of amides is 16. The summed E-state index contributed by atoms with van der Waals surface area (Å²) >= 11 is 0. The second-order valence-electron chi connectivity index (χ2n) is 35.4. The maximum absolute atomic E-state index is 15.1. The summed E-state index contributed by atoms with van der Waals surface area (Å²) in [5.41, 5.74) is 49.5. The van der Waals surface area contributed by atoms with Gasteiger partial charge in [0.05, 0.1) is 43.0 Å². The van der Waals surface area contributed by atoms with Gasteiger partial charge in [0.1, 0.15) is 78.5 Å². The summed E-state index contributed by atoms with van der Waals surface area (Å²) in [6, 6.07) is -3.21. The van der Waals surface area contributed by atoms with Crippen molar-refractivity contribution >= 4 is 111 Å². The van der Waals surface area contributed by atoms with Crippen LogP contribution in [0.15, 0.2) is 85.8 Å². The van der Waals surface area contributed by atoms with Gasteiger partial charge in [0.25, 0.3) is 0 Å². The Hall–Kier alpha value is -13.0. The van der Waals surface area contributed by atoms with Crippen LogP contribution in [0.4, 0.5) is 0 Å². The average molecular weight is 1900 g/mol. The Morgan fingerprint density at radius 3 is 1.25 bits per heavy atom. The summed E-state index contributed by atoms with van der Waals surface area (Å²) in [5, 5.41) is 48.6. The van der Waals surface area contributed by atoms with E-state index >= 15 is 9.59 Å². The number of imidazole rings is 2. The zero-order valence-corrected chi connectivity index (χ0v) is 79.3. The molecule has 0 aliphatic carbocycles. The van der Waals surface area contributed by atoms with Crippen molar-refractivity contribution in [2.45, 2.75) is 281 Å². The molecule has 0 fully saturated rings. The molecule has 3 heterocycles. The Bertz CT molecular complexity index is 4650. The molecule has 45 nitrogen and oxygen atoms in total. The number of hydrogen-bond acceptors (Lipinski definition) is 24. The monoisotopic (exact) mass is 1900 g/mol. The quantitative estimate of drug-likeness (QED) is 0.0102. The first kappa shape index (κ1) is 113. The van der Waals surface area contributed by atoms with Crippen LogP contribution in [0.1, 0.15) is 193 Å². The number of fused-ring (bicyclic) bond motifs is 1. The molecule has 136 heavy (non-hydrogen) atoms. The van der Waals surface area contributed by atoms with Gasteiger partial charge in [-0.15, -0.1) is 0 Å². The lowest BCUT2D eigenvalue weighted by atomic mass is 9.97. The number of unbranched alkanes of at least 4 members (excludes halogenated alkanes) is 4. The minimum Gasteiger partial charge on any atom is -0.370 e. The number of nitrogens with zero attached hydrogens (tertiary/aromatic N) is 2. The third-order valence-electron chi connectivity index (χ3n) is 22.7. The van der Waals surface area contributed by atoms with E-state index in [4.69, 9.17) is 51.3 Å². The highest BCUT2D eigenvalue weighted by Gasteiger charge is 2.40. The van der Waals surface area contributed by atoms with Gasteiger partial charge < -0.3 is 141 Å². The summed E-state index contributed by atoms with van der Waals surface area (Å²) in [6.45, 7) is 13.9. The Kier molecular flexibility index (Phi) is 50.4. The number of H-pyrrole nitrogens is 3. The van der Waals surface area contributed by atoms with E-state index < -0.39 is 204 Å². The van der Waals surface area contributed by atoms with Crippen LogP contribution in [0.2, 0.25) is 0 Å². The molecule has 752 valence electrons. The molecule has 0 radical (unpaired) electrons. The van der Waals surface area contributed by atoms with Gasteiger partial charge in [-0.25, -0.2) is 9.97 Å². The van der Waals surface area contributed by atoms with E-state index in [2.05, 4.69) is 105 Å². The molecule has 15 atom stereocenters. The van der Waals surface area contributed by atoms with Crippen molar-refractivity contribution in [3.05, 3.63) is 108 Å². The maximum Gasteiger partial charge on any atom is 0.243 e. The van der Waals surface area contributed by atoms with Crippen LogP contribution in [0.3, 0.4) is 0 Å². The van der Waals surface area contributed by atoms with Gasteiger partial charge in [0.2, 0.25) is 94.5 Å². The Morgan fingerprint density at radius 2 is 0.787 bits per heavy atom. The molecule has 0 unspecified atom stereocenters. The van der Waals surface area contributed by atoms with Gasteiger partial charge in [0, 0.05) is 61.7 Å². The highest BCUT2D eigenvalue weighted by molar-refractivity contribution is 6.01. The second kappa shape index (κ2) is 60.4. The molecular weight excluding hydrogens is 1760 g/mol. The zero-order valence-electron chi connectivity index (χ0n) is 79.3. The smallest absolute Gasteiger partial charge is 0.243 e. The summed E-state index contributed by atoms with van der Waals surface area (Å²) in [5.74, 6) is -15.9. The number of aromatic nitrogens is 5. The average Bonchev–Trinajstić information content (AvgIpc) is 1.67. The van der Waals surface area contributed by atoms with Crippen molar-refractivity contribution in [1.29, 1.82) is 5.41 Å². The van der Waals surface area contributed by atoms with Crippen LogP contribution in [0.25, 0.3) is 10.9 Å². The molecule has 3 aromatic heterocycles. The SMILES string of the molecule is CC[C@H](C)[C@H](NC(=O)[C@H](CCCCN)NC(=O)[C@H](CCCCN)NC(=O)[C@H](Cc1ccccc1)NC(=O)[C@H](CC(C)C)NC(=O)[C@H](CCCCN)NC(=O)[C@H](Cc1c[nH]c2ccccc12)NC(=O)[C@@H](N)Cc1c[nH]cn1)C(=O)NCC(=O)N[C@@H](Cc1c[nH]cn1)C(=O)N[C@H](C(=O)N[C@@H](CC(N)=O)C(=O)N[C@@H](CCCCN)C(=O)N[C@@H](CCCNC(=N)N)C(=O)N[C@@H](CC(C)C)C(N)=O)C(C)C. The van der Waals surface area contributed by atoms with Crippen molar-refractivity contribution in [3.63, 3.8) is 0 Å². The van der Waals surface area contributed by atoms with E-state index in [1.165, 1.54) is 18.9 Å². The maximum atomic E-state index is 15.1. The molecule has 0 aliphatic heterocycles. The van der Waals surface area contributed by atoms with E-state index in [0.717, 1.165) is 10.9 Å². The van der Waals surface area contributed by atoms with Crippen LogP contribution in [-0.2, 0) is 102 Å². The third kappa shape index (κ3) is 40.7. The number of guanidine groups is 1. The fourth-order valence-electron chi connectivity index (χ4n) is 15.0. The molecule has 2 aromatic carbocycles. The second-order valence-corrected chi connectivity index (χ2v) is 35.4. The van der Waals surface area contributed by atoms with E-state index in [1.54, 1.807) is 70.4 Å². The molecule has 35 N–H and O–H groups in total. The topological polar surface area (TPSA) is 759 Å². The molecule has 0 bridgehead atoms. The van der Waals surface area contributed by atoms with Crippen LogP contribution in [0.5, 0.6) is 0 Å². The van der Waals surface area contributed by atoms with Gasteiger partial charge in [0.15, 0.2) is 5.96 Å². The van der Waals surface area contributed by atoms with Crippen molar-refractivity contribution in [2.24, 2.45) is 69.5 Å². The number of primary amides is 2. The molecular formula is C91H147N29O16. The number of carbonyl (C=O) groups is 16. The Balaban J connectivity index is 1.35. The number of nitrogens with one attached hydrogen (secondary N) is 19. The Labute approximate surface area is 792 Å². The summed E-state index contributed by atoms with van der Waals surface area (Å²) in [7, 11) is 0. The standard InChI is InChI=1S/C91H147N29O16/c1-9-54(8)76(89(135)105-48-74(122)108-71(43-58-47-102-50-107-58)88(134)119-75(53(6)7)90(136)118-72(44-73(97)121)87(133)113-63(29-16-20-34-93)80(126)110-66(32-23-37-103-91(99)100)81(127)114-67(77(98)123)38-51(2)3)120-83(129)65(31-18-22-36-95)109-79(125)62(28-15-19-33-92)111-85(131)69(40-55-24-11-10-12-25-55)117-84(130)68(39-52(4)5)116-82(128)64(30-17-21-35-94)112-86(132)70(41-56-45-104-61-27-14-13-26-59(56)61)115-78(124)60(96)42-57-46-101-49-106-57/h10-14,24-27,45-47,49-54,60,62-72,75-76,104H,9,15-23,28-44,48,92-96H2,1-8H3,(H2,97,121)(H2,98,123)(H,101,106)(H,102,107)(H,105,135)(H,108,122)(H,109,125)(H,110,126)(H,111,131)(H,112,132)(H,113,133)(H,114,127)(H,115,124)(H,116,128)(H,117,130)(H,118,136)(H,119,134)(H,120,129)(H4,99,100,103)/t54-,60-,62-,63-,64-,65-,66-,67-,68-,69-,70-,71-,72-,75-,76-/m0/s1. The first-order chi connectivity index (χ1) is 64.8. The highest BCUT2D eigenvalue weighted by Crippen LogP contribution is 2.22. The van der Waals surface area contributed by atoms with Crippen molar-refractivity contribution in [3.8, 4) is 0 Å². The number of aromatic amines is 3. The minimum absolute atomic E-state index is 0.0221. The van der Waals surface area contributed by atoms with E-state index in [1.807, 2.05) is 52.0 Å². The zero-order chi connectivity index (χ0) is 101. The molecule has 16 amide bonds. The lowest BCUT2D eigenvalue weighted by Crippen LogP contribution is -2.61. The summed E-state index contributed by atoms with van der Waals surface area (Å²) < 4.78 is 0. The minimum atomic E-state index is -1.78. The van der Waals surface area contributed by atoms with E-state index in [0.29, 0.717) is 48.9 Å². The largest absolute Gasteiger partial charge is 0.370 e. The van der Waals surface area contributed by atoms with Crippen LogP contribution in [-0.4, -0.2) is 249 Å². The van der Waals surface area contributed by atoms with Crippen LogP contribution in [0, 0.1) is 29.1 Å². The van der Waals surface area contributed by atoms with E-state index in [-0.39, 0.29) is 159 Å². The fourth-order valence-corrected chi connectivity index (χ4v) is 15.0. The lowest BCUT2D eigenvalue weighted by Gasteiger charge is -2.29. The number of para-hydroxylation sites is 1. The van der Waals surface area contributed by atoms with Gasteiger partial charge in [-0.3, -0.25) is 82.1 Å². The highest BCUT2D eigenvalue weighted by atomic mass is 16.2. The molecule has 0 spiro atoms. The van der Waals surface area contributed by atoms with E-state index in [9.17, 15) is 67.1 Å². The molecule has 0 aliphatic rings. The fraction of sp³-hybridized carbons (Fsp3) is 0.593. The van der Waals surface area contributed by atoms with Crippen molar-refractivity contribution in [1.82, 2.24) is 105 Å². The summed E-state index contributed by atoms with van der Waals surface area (Å²) in [6.07, 6.45) is 9.63. The third-order valence-corrected chi connectivity index (χ3v) is 22.7. The molecule has 0 saturated heterocycles.